The molecule has 1 heterocycles. The molecule has 0 amide bonds. The Morgan fingerprint density at radius 3 is 2.89 bits per heavy atom. The fourth-order valence-electron chi connectivity index (χ4n) is 1.46. The molecule has 0 spiro atoms. The van der Waals surface area contributed by atoms with Crippen LogP contribution in [0, 0.1) is 6.92 Å². The Hall–Kier alpha value is -0.430. The third-order valence-electron chi connectivity index (χ3n) is 2.29. The number of nitrogens with zero attached hydrogens (tertiary/aromatic N) is 2. The molecule has 0 aliphatic heterocycles. The average molecular weight is 344 g/mol. The third-order valence-corrected chi connectivity index (χ3v) is 4.79. The molecule has 1 N–H and O–H groups in total. The highest BCUT2D eigenvalue weighted by Crippen LogP contribution is 2.33. The second kappa shape index (κ2) is 6.65. The van der Waals surface area contributed by atoms with E-state index in [-0.39, 0.29) is 0 Å². The quantitative estimate of drug-likeness (QED) is 0.894. The van der Waals surface area contributed by atoms with E-state index in [4.69, 9.17) is 0 Å². The molecule has 3 nitrogen and oxygen atoms in total. The van der Waals surface area contributed by atoms with Gasteiger partial charge in [-0.2, -0.15) is 0 Å². The minimum absolute atomic E-state index is 0.871. The topological polar surface area (TPSA) is 37.8 Å². The number of halogens is 1. The largest absolute Gasteiger partial charge is 0.313 e. The standard InChI is InChI=1S/C12H14BrN3S2/c1-3-14-7-9-6-10(13)4-5-11(9)18-12-16-15-8(2)17-12/h4-6,14H,3,7H2,1-2H3. The Morgan fingerprint density at radius 2 is 2.22 bits per heavy atom. The number of hydrogen-bond donors (Lipinski definition) is 1. The Balaban J connectivity index is 2.20. The minimum atomic E-state index is 0.871. The summed E-state index contributed by atoms with van der Waals surface area (Å²) in [6.07, 6.45) is 0. The lowest BCUT2D eigenvalue weighted by Gasteiger charge is -2.08. The molecule has 2 rings (SSSR count). The van der Waals surface area contributed by atoms with Crippen molar-refractivity contribution in [1.29, 1.82) is 0 Å². The van der Waals surface area contributed by atoms with Crippen molar-refractivity contribution in [3.63, 3.8) is 0 Å². The zero-order valence-electron chi connectivity index (χ0n) is 10.2. The van der Waals surface area contributed by atoms with E-state index >= 15 is 0 Å². The summed E-state index contributed by atoms with van der Waals surface area (Å²) in [5, 5.41) is 12.6. The predicted molar refractivity (Wildman–Crippen MR) is 80.3 cm³/mol. The molecule has 6 heteroatoms. The smallest absolute Gasteiger partial charge is 0.179 e. The van der Waals surface area contributed by atoms with Gasteiger partial charge in [0, 0.05) is 15.9 Å². The zero-order chi connectivity index (χ0) is 13.0. The fraction of sp³-hybridized carbons (Fsp3) is 0.333. The van der Waals surface area contributed by atoms with Gasteiger partial charge in [-0.3, -0.25) is 0 Å². The molecule has 0 unspecified atom stereocenters. The summed E-state index contributed by atoms with van der Waals surface area (Å²) in [6.45, 7) is 5.92. The normalized spacial score (nSPS) is 10.8. The molecule has 0 saturated heterocycles. The van der Waals surface area contributed by atoms with Crippen molar-refractivity contribution in [3.05, 3.63) is 33.2 Å². The summed E-state index contributed by atoms with van der Waals surface area (Å²) in [7, 11) is 0. The summed E-state index contributed by atoms with van der Waals surface area (Å²) < 4.78 is 2.10. The SMILES string of the molecule is CCNCc1cc(Br)ccc1Sc1nnc(C)s1. The molecule has 0 saturated carbocycles. The van der Waals surface area contributed by atoms with Crippen LogP contribution in [-0.2, 0) is 6.54 Å². The van der Waals surface area contributed by atoms with Crippen LogP contribution in [0.3, 0.4) is 0 Å². The summed E-state index contributed by atoms with van der Waals surface area (Å²) in [5.41, 5.74) is 1.28. The van der Waals surface area contributed by atoms with E-state index in [9.17, 15) is 0 Å². The van der Waals surface area contributed by atoms with Gasteiger partial charge in [0.1, 0.15) is 5.01 Å². The lowest BCUT2D eigenvalue weighted by atomic mass is 10.2. The maximum Gasteiger partial charge on any atom is 0.179 e. The lowest BCUT2D eigenvalue weighted by molar-refractivity contribution is 0.717. The summed E-state index contributed by atoms with van der Waals surface area (Å²) in [6, 6.07) is 6.34. The Bertz CT molecular complexity index is 528. The maximum atomic E-state index is 4.15. The van der Waals surface area contributed by atoms with Crippen LogP contribution in [0.15, 0.2) is 31.9 Å². The van der Waals surface area contributed by atoms with Gasteiger partial charge in [0.2, 0.25) is 0 Å². The van der Waals surface area contributed by atoms with Crippen LogP contribution < -0.4 is 5.32 Å². The van der Waals surface area contributed by atoms with Crippen LogP contribution in [0.25, 0.3) is 0 Å². The van der Waals surface area contributed by atoms with Gasteiger partial charge in [0.05, 0.1) is 0 Å². The van der Waals surface area contributed by atoms with Crippen molar-refractivity contribution >= 4 is 39.0 Å². The number of aromatic nitrogens is 2. The molecule has 0 fully saturated rings. The third kappa shape index (κ3) is 3.78. The van der Waals surface area contributed by atoms with E-state index in [1.807, 2.05) is 6.92 Å². The molecule has 0 bridgehead atoms. The van der Waals surface area contributed by atoms with Crippen molar-refractivity contribution in [1.82, 2.24) is 15.5 Å². The molecular formula is C12H14BrN3S2. The van der Waals surface area contributed by atoms with Gasteiger partial charge in [-0.25, -0.2) is 0 Å². The molecule has 0 atom stereocenters. The van der Waals surface area contributed by atoms with Crippen LogP contribution in [0.5, 0.6) is 0 Å². The summed E-state index contributed by atoms with van der Waals surface area (Å²) in [4.78, 5) is 1.23. The lowest BCUT2D eigenvalue weighted by Crippen LogP contribution is -2.12. The number of aryl methyl sites for hydroxylation is 1. The molecule has 0 aliphatic rings. The molecule has 96 valence electrons. The van der Waals surface area contributed by atoms with Crippen LogP contribution in [0.4, 0.5) is 0 Å². The van der Waals surface area contributed by atoms with Crippen molar-refractivity contribution in [2.24, 2.45) is 0 Å². The Labute approximate surface area is 124 Å². The van der Waals surface area contributed by atoms with E-state index in [2.05, 4.69) is 56.6 Å². The molecule has 1 aromatic heterocycles. The summed E-state index contributed by atoms with van der Waals surface area (Å²) in [5.74, 6) is 0. The van der Waals surface area contributed by atoms with Gasteiger partial charge in [0.25, 0.3) is 0 Å². The monoisotopic (exact) mass is 343 g/mol. The van der Waals surface area contributed by atoms with E-state index in [0.717, 1.165) is 26.9 Å². The molecule has 0 aliphatic carbocycles. The van der Waals surface area contributed by atoms with Crippen molar-refractivity contribution in [3.8, 4) is 0 Å². The van der Waals surface area contributed by atoms with Crippen molar-refractivity contribution < 1.29 is 0 Å². The number of rotatable bonds is 5. The average Bonchev–Trinajstić information content (AvgIpc) is 2.75. The first kappa shape index (κ1) is 14.0. The highest BCUT2D eigenvalue weighted by molar-refractivity contribution is 9.10. The number of nitrogens with one attached hydrogen (secondary N) is 1. The van der Waals surface area contributed by atoms with Gasteiger partial charge in [-0.05, 0) is 37.2 Å². The molecular weight excluding hydrogens is 330 g/mol. The van der Waals surface area contributed by atoms with Crippen molar-refractivity contribution in [2.75, 3.05) is 6.54 Å². The Morgan fingerprint density at radius 1 is 1.39 bits per heavy atom. The van der Waals surface area contributed by atoms with E-state index in [0.29, 0.717) is 0 Å². The van der Waals surface area contributed by atoms with Gasteiger partial charge in [-0.1, -0.05) is 46.0 Å². The number of benzene rings is 1. The number of hydrogen-bond acceptors (Lipinski definition) is 5. The van der Waals surface area contributed by atoms with E-state index < -0.39 is 0 Å². The minimum Gasteiger partial charge on any atom is -0.313 e. The van der Waals surface area contributed by atoms with Gasteiger partial charge < -0.3 is 5.32 Å². The van der Waals surface area contributed by atoms with Crippen LogP contribution in [0.2, 0.25) is 0 Å². The zero-order valence-corrected chi connectivity index (χ0v) is 13.5. The predicted octanol–water partition coefficient (Wildman–Crippen LogP) is 3.87. The van der Waals surface area contributed by atoms with Gasteiger partial charge >= 0.3 is 0 Å². The summed E-state index contributed by atoms with van der Waals surface area (Å²) >= 11 is 6.82. The molecule has 0 radical (unpaired) electrons. The maximum absolute atomic E-state index is 4.15. The molecule has 2 aromatic rings. The highest BCUT2D eigenvalue weighted by Gasteiger charge is 2.08. The first-order valence-electron chi connectivity index (χ1n) is 5.66. The van der Waals surface area contributed by atoms with Crippen LogP contribution in [-0.4, -0.2) is 16.7 Å². The van der Waals surface area contributed by atoms with Crippen LogP contribution >= 0.6 is 39.0 Å². The molecule has 18 heavy (non-hydrogen) atoms. The first-order chi connectivity index (χ1) is 8.69. The second-order valence-electron chi connectivity index (χ2n) is 3.72. The first-order valence-corrected chi connectivity index (χ1v) is 8.08. The fourth-order valence-corrected chi connectivity index (χ4v) is 3.75. The van der Waals surface area contributed by atoms with Gasteiger partial charge in [0.15, 0.2) is 4.34 Å². The van der Waals surface area contributed by atoms with Crippen LogP contribution in [0.1, 0.15) is 17.5 Å². The van der Waals surface area contributed by atoms with E-state index in [1.54, 1.807) is 23.1 Å². The van der Waals surface area contributed by atoms with Gasteiger partial charge in [-0.15, -0.1) is 10.2 Å². The van der Waals surface area contributed by atoms with E-state index in [1.165, 1.54) is 10.5 Å². The molecule has 1 aromatic carbocycles. The highest BCUT2D eigenvalue weighted by atomic mass is 79.9. The Kier molecular flexibility index (Phi) is 5.17. The second-order valence-corrected chi connectivity index (χ2v) is 7.11. The van der Waals surface area contributed by atoms with Crippen molar-refractivity contribution in [2.45, 2.75) is 29.6 Å².